The van der Waals surface area contributed by atoms with Crippen LogP contribution in [0.5, 0.6) is 5.75 Å². The lowest BCUT2D eigenvalue weighted by Crippen LogP contribution is -2.34. The zero-order chi connectivity index (χ0) is 14.0. The van der Waals surface area contributed by atoms with Crippen molar-refractivity contribution in [2.45, 2.75) is 52.5 Å². The van der Waals surface area contributed by atoms with Crippen molar-refractivity contribution in [3.8, 4) is 5.75 Å². The third kappa shape index (κ3) is 2.79. The van der Waals surface area contributed by atoms with Gasteiger partial charge in [0.15, 0.2) is 0 Å². The summed E-state index contributed by atoms with van der Waals surface area (Å²) in [5.41, 5.74) is 2.97. The van der Waals surface area contributed by atoms with Gasteiger partial charge in [0.05, 0.1) is 6.61 Å². The van der Waals surface area contributed by atoms with E-state index >= 15 is 0 Å². The summed E-state index contributed by atoms with van der Waals surface area (Å²) < 4.78 is 5.87. The first kappa shape index (κ1) is 14.4. The molecule has 0 saturated heterocycles. The van der Waals surface area contributed by atoms with Crippen LogP contribution < -0.4 is 10.1 Å². The highest BCUT2D eigenvalue weighted by atomic mass is 16.5. The molecule has 19 heavy (non-hydrogen) atoms. The maximum Gasteiger partial charge on any atom is 0.124 e. The van der Waals surface area contributed by atoms with Gasteiger partial charge in [-0.1, -0.05) is 40.7 Å². The summed E-state index contributed by atoms with van der Waals surface area (Å²) in [4.78, 5) is 0. The van der Waals surface area contributed by atoms with Crippen LogP contribution in [0.2, 0.25) is 0 Å². The number of rotatable bonds is 4. The van der Waals surface area contributed by atoms with Gasteiger partial charge in [-0.05, 0) is 36.1 Å². The predicted octanol–water partition coefficient (Wildman–Crippen LogP) is 4.05. The van der Waals surface area contributed by atoms with Crippen LogP contribution in [-0.4, -0.2) is 13.2 Å². The summed E-state index contributed by atoms with van der Waals surface area (Å²) in [6, 6.07) is 7.14. The number of hydrogen-bond donors (Lipinski definition) is 1. The Hall–Kier alpha value is -1.02. The van der Waals surface area contributed by atoms with E-state index in [1.165, 1.54) is 11.1 Å². The SMILES string of the molecule is CCNC1c2cc(C(C)(C)CC)ccc2OCC1C. The summed E-state index contributed by atoms with van der Waals surface area (Å²) in [5, 5.41) is 3.61. The Kier molecular flexibility index (Phi) is 4.19. The van der Waals surface area contributed by atoms with Crippen LogP contribution in [0.4, 0.5) is 0 Å². The molecule has 0 radical (unpaired) electrons. The average molecular weight is 261 g/mol. The third-order valence-corrected chi connectivity index (χ3v) is 4.51. The topological polar surface area (TPSA) is 21.3 Å². The molecule has 0 spiro atoms. The van der Waals surface area contributed by atoms with Gasteiger partial charge in [-0.3, -0.25) is 0 Å². The number of fused-ring (bicyclic) bond motifs is 1. The van der Waals surface area contributed by atoms with E-state index in [9.17, 15) is 0 Å². The predicted molar refractivity (Wildman–Crippen MR) is 80.8 cm³/mol. The quantitative estimate of drug-likeness (QED) is 0.882. The number of nitrogens with one attached hydrogen (secondary N) is 1. The first-order valence-corrected chi connectivity index (χ1v) is 7.50. The molecule has 1 aromatic rings. The summed E-state index contributed by atoms with van der Waals surface area (Å²) in [6.07, 6.45) is 1.15. The molecule has 2 heteroatoms. The fourth-order valence-electron chi connectivity index (χ4n) is 2.70. The molecule has 1 heterocycles. The Balaban J connectivity index is 2.41. The molecule has 106 valence electrons. The van der Waals surface area contributed by atoms with Crippen LogP contribution in [0, 0.1) is 5.92 Å². The minimum atomic E-state index is 0.229. The van der Waals surface area contributed by atoms with E-state index < -0.39 is 0 Å². The van der Waals surface area contributed by atoms with Gasteiger partial charge in [-0.2, -0.15) is 0 Å². The van der Waals surface area contributed by atoms with Crippen molar-refractivity contribution < 1.29 is 4.74 Å². The molecule has 2 atom stereocenters. The second-order valence-electron chi connectivity index (χ2n) is 6.31. The van der Waals surface area contributed by atoms with Crippen molar-refractivity contribution in [3.63, 3.8) is 0 Å². The normalized spacial score (nSPS) is 22.8. The largest absolute Gasteiger partial charge is 0.493 e. The van der Waals surface area contributed by atoms with Crippen molar-refractivity contribution in [1.29, 1.82) is 0 Å². The molecular formula is C17H27NO. The second kappa shape index (κ2) is 5.54. The Morgan fingerprint density at radius 2 is 2.05 bits per heavy atom. The molecule has 0 aliphatic carbocycles. The van der Waals surface area contributed by atoms with Gasteiger partial charge < -0.3 is 10.1 Å². The number of ether oxygens (including phenoxy) is 1. The molecule has 2 unspecified atom stereocenters. The fraction of sp³-hybridized carbons (Fsp3) is 0.647. The molecule has 1 aromatic carbocycles. The molecule has 0 saturated carbocycles. The van der Waals surface area contributed by atoms with Gasteiger partial charge in [0, 0.05) is 17.5 Å². The van der Waals surface area contributed by atoms with E-state index in [-0.39, 0.29) is 5.41 Å². The first-order valence-electron chi connectivity index (χ1n) is 7.50. The van der Waals surface area contributed by atoms with Crippen LogP contribution in [-0.2, 0) is 5.41 Å². The van der Waals surface area contributed by atoms with Crippen LogP contribution >= 0.6 is 0 Å². The van der Waals surface area contributed by atoms with Gasteiger partial charge in [0.1, 0.15) is 5.75 Å². The zero-order valence-electron chi connectivity index (χ0n) is 12.9. The molecule has 2 rings (SSSR count). The second-order valence-corrected chi connectivity index (χ2v) is 6.31. The van der Waals surface area contributed by atoms with Crippen LogP contribution in [0.3, 0.4) is 0 Å². The molecule has 0 amide bonds. The Labute approximate surface area is 117 Å². The van der Waals surface area contributed by atoms with E-state index in [0.717, 1.165) is 25.3 Å². The maximum absolute atomic E-state index is 5.87. The Morgan fingerprint density at radius 3 is 2.68 bits per heavy atom. The van der Waals surface area contributed by atoms with E-state index in [1.54, 1.807) is 0 Å². The smallest absolute Gasteiger partial charge is 0.124 e. The van der Waals surface area contributed by atoms with Crippen molar-refractivity contribution in [2.24, 2.45) is 5.92 Å². The van der Waals surface area contributed by atoms with Crippen molar-refractivity contribution in [2.75, 3.05) is 13.2 Å². The lowest BCUT2D eigenvalue weighted by atomic mass is 9.80. The molecule has 0 bridgehead atoms. The molecule has 2 nitrogen and oxygen atoms in total. The first-order chi connectivity index (χ1) is 8.99. The molecule has 1 N–H and O–H groups in total. The van der Waals surface area contributed by atoms with E-state index in [2.05, 4.69) is 58.1 Å². The monoisotopic (exact) mass is 261 g/mol. The van der Waals surface area contributed by atoms with Gasteiger partial charge in [0.2, 0.25) is 0 Å². The van der Waals surface area contributed by atoms with E-state index in [0.29, 0.717) is 12.0 Å². The van der Waals surface area contributed by atoms with Crippen LogP contribution in [0.15, 0.2) is 18.2 Å². The Morgan fingerprint density at radius 1 is 1.32 bits per heavy atom. The molecule has 0 fully saturated rings. The average Bonchev–Trinajstić information content (AvgIpc) is 2.41. The summed E-state index contributed by atoms with van der Waals surface area (Å²) in [5.74, 6) is 1.58. The van der Waals surface area contributed by atoms with Crippen molar-refractivity contribution in [3.05, 3.63) is 29.3 Å². The minimum Gasteiger partial charge on any atom is -0.493 e. The standard InChI is InChI=1S/C17H27NO/c1-6-17(4,5)13-8-9-15-14(10-13)16(18-7-2)12(3)11-19-15/h8-10,12,16,18H,6-7,11H2,1-5H3. The van der Waals surface area contributed by atoms with Crippen molar-refractivity contribution in [1.82, 2.24) is 5.32 Å². The minimum absolute atomic E-state index is 0.229. The Bertz CT molecular complexity index is 439. The summed E-state index contributed by atoms with van der Waals surface area (Å²) in [6.45, 7) is 13.1. The van der Waals surface area contributed by atoms with Crippen molar-refractivity contribution >= 4 is 0 Å². The van der Waals surface area contributed by atoms with Crippen LogP contribution in [0.25, 0.3) is 0 Å². The third-order valence-electron chi connectivity index (χ3n) is 4.51. The summed E-state index contributed by atoms with van der Waals surface area (Å²) in [7, 11) is 0. The lowest BCUT2D eigenvalue weighted by molar-refractivity contribution is 0.189. The van der Waals surface area contributed by atoms with Gasteiger partial charge in [-0.15, -0.1) is 0 Å². The zero-order valence-corrected chi connectivity index (χ0v) is 12.9. The number of benzene rings is 1. The highest BCUT2D eigenvalue weighted by Crippen LogP contribution is 2.38. The summed E-state index contributed by atoms with van der Waals surface area (Å²) >= 11 is 0. The van der Waals surface area contributed by atoms with E-state index in [1.807, 2.05) is 0 Å². The van der Waals surface area contributed by atoms with Gasteiger partial charge in [-0.25, -0.2) is 0 Å². The lowest BCUT2D eigenvalue weighted by Gasteiger charge is -2.34. The van der Waals surface area contributed by atoms with Crippen LogP contribution in [0.1, 0.15) is 58.2 Å². The highest BCUT2D eigenvalue weighted by Gasteiger charge is 2.29. The van der Waals surface area contributed by atoms with E-state index in [4.69, 9.17) is 4.74 Å². The molecular weight excluding hydrogens is 234 g/mol. The molecule has 1 aliphatic rings. The van der Waals surface area contributed by atoms with Gasteiger partial charge >= 0.3 is 0 Å². The molecule has 1 aliphatic heterocycles. The maximum atomic E-state index is 5.87. The number of hydrogen-bond acceptors (Lipinski definition) is 2. The molecule has 0 aromatic heterocycles. The highest BCUT2D eigenvalue weighted by molar-refractivity contribution is 5.43. The van der Waals surface area contributed by atoms with Gasteiger partial charge in [0.25, 0.3) is 0 Å². The fourth-order valence-corrected chi connectivity index (χ4v) is 2.70.